The third-order valence-electron chi connectivity index (χ3n) is 7.45. The van der Waals surface area contributed by atoms with Crippen molar-refractivity contribution in [3.63, 3.8) is 0 Å². The van der Waals surface area contributed by atoms with Crippen molar-refractivity contribution in [1.29, 1.82) is 0 Å². The molecule has 5 heteroatoms. The van der Waals surface area contributed by atoms with Gasteiger partial charge in [-0.1, -0.05) is 51.1 Å². The van der Waals surface area contributed by atoms with Crippen LogP contribution in [0.3, 0.4) is 0 Å². The molecule has 4 rings (SSSR count). The topological polar surface area (TPSA) is 58.6 Å². The molecule has 4 nitrogen and oxygen atoms in total. The molecule has 0 radical (unpaired) electrons. The third kappa shape index (κ3) is 6.04. The number of hydrogen-bond acceptors (Lipinski definition) is 3. The first kappa shape index (κ1) is 26.5. The van der Waals surface area contributed by atoms with Crippen LogP contribution in [0.15, 0.2) is 66.7 Å². The molecule has 0 heterocycles. The molecular weight excluding hydrogens is 465 g/mol. The summed E-state index contributed by atoms with van der Waals surface area (Å²) < 4.78 is 20.4. The van der Waals surface area contributed by atoms with Crippen LogP contribution in [0.25, 0.3) is 16.7 Å². The van der Waals surface area contributed by atoms with Gasteiger partial charge in [0.05, 0.1) is 13.5 Å². The summed E-state index contributed by atoms with van der Waals surface area (Å²) in [7, 11) is 1.59. The van der Waals surface area contributed by atoms with E-state index in [-0.39, 0.29) is 23.6 Å². The fourth-order valence-corrected chi connectivity index (χ4v) is 5.28. The predicted octanol–water partition coefficient (Wildman–Crippen LogP) is 8.29. The molecule has 0 aromatic heterocycles. The fourth-order valence-electron chi connectivity index (χ4n) is 5.28. The van der Waals surface area contributed by atoms with Crippen molar-refractivity contribution in [2.24, 2.45) is 5.41 Å². The van der Waals surface area contributed by atoms with Gasteiger partial charge in [-0.3, -0.25) is 4.79 Å². The van der Waals surface area contributed by atoms with Crippen LogP contribution in [0.2, 0.25) is 0 Å². The van der Waals surface area contributed by atoms with Gasteiger partial charge in [-0.15, -0.1) is 0 Å². The Bertz CT molecular complexity index is 1310. The van der Waals surface area contributed by atoms with Crippen LogP contribution < -0.4 is 10.1 Å². The van der Waals surface area contributed by atoms with Gasteiger partial charge in [-0.2, -0.15) is 0 Å². The highest BCUT2D eigenvalue weighted by Crippen LogP contribution is 2.47. The highest BCUT2D eigenvalue weighted by Gasteiger charge is 2.30. The summed E-state index contributed by atoms with van der Waals surface area (Å²) in [5, 5.41) is 12.8. The van der Waals surface area contributed by atoms with Crippen LogP contribution in [0.1, 0.15) is 69.1 Å². The standard InChI is InChI=1S/C32H36FNO3/c1-5-22(18-31(35)36)23-8-6-9-24(17-23)34-20-21-11-13-26(28-19-25(37-4)12-14-30(28)33)27(16-21)29-10-7-15-32(29,2)3/h6,8-14,16-17,19,22,34H,5,7,15,18,20H2,1-4H3,(H,35,36)/t22-/m0/s1. The Morgan fingerprint density at radius 2 is 1.89 bits per heavy atom. The summed E-state index contributed by atoms with van der Waals surface area (Å²) in [6.45, 7) is 7.10. The Morgan fingerprint density at radius 1 is 1.08 bits per heavy atom. The van der Waals surface area contributed by atoms with Crippen molar-refractivity contribution in [2.45, 2.75) is 58.9 Å². The highest BCUT2D eigenvalue weighted by molar-refractivity contribution is 5.85. The third-order valence-corrected chi connectivity index (χ3v) is 7.45. The van der Waals surface area contributed by atoms with Gasteiger partial charge in [0.1, 0.15) is 11.6 Å². The first-order chi connectivity index (χ1) is 17.7. The van der Waals surface area contributed by atoms with Crippen molar-refractivity contribution in [3.8, 4) is 16.9 Å². The minimum Gasteiger partial charge on any atom is -0.497 e. The lowest BCUT2D eigenvalue weighted by Gasteiger charge is -2.26. The predicted molar refractivity (Wildman–Crippen MR) is 148 cm³/mol. The van der Waals surface area contributed by atoms with Gasteiger partial charge in [-0.05, 0) is 94.8 Å². The maximum atomic E-state index is 15.0. The van der Waals surface area contributed by atoms with E-state index in [0.717, 1.165) is 47.2 Å². The number of methoxy groups -OCH3 is 1. The van der Waals surface area contributed by atoms with Crippen molar-refractivity contribution < 1.29 is 19.0 Å². The monoisotopic (exact) mass is 501 g/mol. The van der Waals surface area contributed by atoms with Crippen LogP contribution in [0.5, 0.6) is 5.75 Å². The van der Waals surface area contributed by atoms with E-state index < -0.39 is 5.97 Å². The van der Waals surface area contributed by atoms with Crippen molar-refractivity contribution in [2.75, 3.05) is 12.4 Å². The molecule has 2 N–H and O–H groups in total. The Balaban J connectivity index is 1.66. The average Bonchev–Trinajstić information content (AvgIpc) is 3.25. The number of nitrogens with one attached hydrogen (secondary N) is 1. The second-order valence-corrected chi connectivity index (χ2v) is 10.4. The number of carboxylic acid groups (broad SMARTS) is 1. The molecule has 0 spiro atoms. The molecule has 0 unspecified atom stereocenters. The number of carboxylic acids is 1. The molecule has 37 heavy (non-hydrogen) atoms. The number of aliphatic carboxylic acids is 1. The SMILES string of the molecule is CC[C@@H](CC(=O)O)c1cccc(NCc2ccc(-c3cc(OC)ccc3F)c(C3=CCCC3(C)C)c2)c1. The fraction of sp³-hybridized carbons (Fsp3) is 0.344. The summed E-state index contributed by atoms with van der Waals surface area (Å²) in [5.74, 6) is -0.442. The number of hydrogen-bond donors (Lipinski definition) is 2. The zero-order chi connectivity index (χ0) is 26.6. The molecule has 3 aromatic rings. The smallest absolute Gasteiger partial charge is 0.303 e. The van der Waals surface area contributed by atoms with E-state index in [1.807, 2.05) is 43.3 Å². The quantitative estimate of drug-likeness (QED) is 0.293. The second-order valence-electron chi connectivity index (χ2n) is 10.4. The van der Waals surface area contributed by atoms with Crippen LogP contribution in [-0.2, 0) is 11.3 Å². The number of allylic oxidation sites excluding steroid dienone is 2. The molecule has 0 saturated heterocycles. The zero-order valence-corrected chi connectivity index (χ0v) is 22.1. The summed E-state index contributed by atoms with van der Waals surface area (Å²) in [5.41, 5.74) is 6.77. The first-order valence-electron chi connectivity index (χ1n) is 12.9. The number of halogens is 1. The van der Waals surface area contributed by atoms with Crippen LogP contribution in [0, 0.1) is 11.2 Å². The molecule has 194 valence electrons. The first-order valence-corrected chi connectivity index (χ1v) is 12.9. The summed E-state index contributed by atoms with van der Waals surface area (Å²) in [4.78, 5) is 11.3. The van der Waals surface area contributed by atoms with Crippen molar-refractivity contribution >= 4 is 17.2 Å². The van der Waals surface area contributed by atoms with Gasteiger partial charge in [0.2, 0.25) is 0 Å². The van der Waals surface area contributed by atoms with Crippen LogP contribution >= 0.6 is 0 Å². The van der Waals surface area contributed by atoms with Gasteiger partial charge >= 0.3 is 5.97 Å². The molecular formula is C32H36FNO3. The molecule has 3 aromatic carbocycles. The number of rotatable bonds is 10. The molecule has 1 aliphatic rings. The Kier molecular flexibility index (Phi) is 8.01. The molecule has 1 atom stereocenters. The van der Waals surface area contributed by atoms with Gasteiger partial charge in [-0.25, -0.2) is 4.39 Å². The average molecular weight is 502 g/mol. The lowest BCUT2D eigenvalue weighted by molar-refractivity contribution is -0.137. The normalized spacial score (nSPS) is 15.2. The second kappa shape index (κ2) is 11.2. The molecule has 0 aliphatic heterocycles. The number of ether oxygens (including phenoxy) is 1. The minimum absolute atomic E-state index is 0.00375. The van der Waals surface area contributed by atoms with Crippen LogP contribution in [-0.4, -0.2) is 18.2 Å². The Morgan fingerprint density at radius 3 is 2.57 bits per heavy atom. The van der Waals surface area contributed by atoms with E-state index in [4.69, 9.17) is 4.74 Å². The lowest BCUT2D eigenvalue weighted by atomic mass is 9.79. The van der Waals surface area contributed by atoms with E-state index in [9.17, 15) is 9.90 Å². The van der Waals surface area contributed by atoms with Gasteiger partial charge in [0.25, 0.3) is 0 Å². The van der Waals surface area contributed by atoms with Gasteiger partial charge < -0.3 is 15.2 Å². The lowest BCUT2D eigenvalue weighted by Crippen LogP contribution is -2.11. The number of anilines is 1. The molecule has 1 aliphatic carbocycles. The number of carbonyl (C=O) groups is 1. The highest BCUT2D eigenvalue weighted by atomic mass is 19.1. The Labute approximate surface area is 219 Å². The van der Waals surface area contributed by atoms with Crippen molar-refractivity contribution in [3.05, 3.63) is 89.2 Å². The maximum absolute atomic E-state index is 15.0. The van der Waals surface area contributed by atoms with E-state index in [1.165, 1.54) is 11.6 Å². The molecule has 0 saturated carbocycles. The van der Waals surface area contributed by atoms with Gasteiger partial charge in [0, 0.05) is 17.8 Å². The summed E-state index contributed by atoms with van der Waals surface area (Å²) >= 11 is 0. The zero-order valence-electron chi connectivity index (χ0n) is 22.1. The Hall–Kier alpha value is -3.60. The van der Waals surface area contributed by atoms with E-state index in [0.29, 0.717) is 17.9 Å². The maximum Gasteiger partial charge on any atom is 0.303 e. The van der Waals surface area contributed by atoms with E-state index >= 15 is 4.39 Å². The summed E-state index contributed by atoms with van der Waals surface area (Å²) in [6, 6.07) is 19.1. The van der Waals surface area contributed by atoms with Crippen molar-refractivity contribution in [1.82, 2.24) is 0 Å². The molecule has 0 fully saturated rings. The van der Waals surface area contributed by atoms with Gasteiger partial charge in [0.15, 0.2) is 0 Å². The summed E-state index contributed by atoms with van der Waals surface area (Å²) in [6.07, 6.45) is 5.24. The molecule has 0 bridgehead atoms. The van der Waals surface area contributed by atoms with E-state index in [2.05, 4.69) is 31.3 Å². The molecule has 0 amide bonds. The number of benzene rings is 3. The minimum atomic E-state index is -0.783. The largest absolute Gasteiger partial charge is 0.497 e. The van der Waals surface area contributed by atoms with Crippen LogP contribution in [0.4, 0.5) is 10.1 Å². The van der Waals surface area contributed by atoms with E-state index in [1.54, 1.807) is 19.2 Å².